The summed E-state index contributed by atoms with van der Waals surface area (Å²) in [4.78, 5) is 9.78. The van der Waals surface area contributed by atoms with Gasteiger partial charge in [0.25, 0.3) is 0 Å². The molecule has 2 heterocycles. The van der Waals surface area contributed by atoms with Gasteiger partial charge in [-0.25, -0.2) is 23.5 Å². The number of rotatable bonds is 7. The van der Waals surface area contributed by atoms with Gasteiger partial charge in [0.15, 0.2) is 5.96 Å². The molecule has 0 radical (unpaired) electrons. The highest BCUT2D eigenvalue weighted by Crippen LogP contribution is 2.20. The van der Waals surface area contributed by atoms with Crippen LogP contribution in [0.3, 0.4) is 0 Å². The van der Waals surface area contributed by atoms with Crippen LogP contribution < -0.4 is 15.8 Å². The summed E-state index contributed by atoms with van der Waals surface area (Å²) >= 11 is 1.13. The van der Waals surface area contributed by atoms with E-state index in [0.717, 1.165) is 21.8 Å². The summed E-state index contributed by atoms with van der Waals surface area (Å²) < 4.78 is 28.4. The van der Waals surface area contributed by atoms with Crippen LogP contribution in [0.1, 0.15) is 17.5 Å². The number of benzene rings is 1. The number of nitrogens with zero attached hydrogens (tertiary/aromatic N) is 2. The topological polar surface area (TPSA) is 123 Å². The van der Waals surface area contributed by atoms with E-state index < -0.39 is 10.0 Å². The molecule has 28 heavy (non-hydrogen) atoms. The maximum atomic E-state index is 11.4. The Morgan fingerprint density at radius 3 is 2.68 bits per heavy atom. The number of aliphatic imine (C=N–C) groups is 1. The molecule has 0 saturated heterocycles. The van der Waals surface area contributed by atoms with Gasteiger partial charge in [-0.2, -0.15) is 0 Å². The SMILES string of the molecule is CCNC(=NCc1coc(-c2ccccc2)n1)NCc1ccc(S(N)(=O)=O)s1. The molecule has 4 N–H and O–H groups in total. The summed E-state index contributed by atoms with van der Waals surface area (Å²) in [7, 11) is -3.67. The maximum Gasteiger partial charge on any atom is 0.247 e. The largest absolute Gasteiger partial charge is 0.444 e. The Hall–Kier alpha value is -2.69. The molecular formula is C18H21N5O3S2. The van der Waals surface area contributed by atoms with Crippen LogP contribution in [0, 0.1) is 0 Å². The lowest BCUT2D eigenvalue weighted by Crippen LogP contribution is -2.36. The van der Waals surface area contributed by atoms with Gasteiger partial charge in [-0.05, 0) is 31.2 Å². The van der Waals surface area contributed by atoms with E-state index in [1.165, 1.54) is 6.07 Å². The summed E-state index contributed by atoms with van der Waals surface area (Å²) in [6, 6.07) is 12.9. The summed E-state index contributed by atoms with van der Waals surface area (Å²) in [6.07, 6.45) is 1.59. The van der Waals surface area contributed by atoms with E-state index in [2.05, 4.69) is 20.6 Å². The van der Waals surface area contributed by atoms with Gasteiger partial charge >= 0.3 is 0 Å². The van der Waals surface area contributed by atoms with Crippen LogP contribution in [0.5, 0.6) is 0 Å². The predicted molar refractivity (Wildman–Crippen MR) is 109 cm³/mol. The molecular weight excluding hydrogens is 398 g/mol. The van der Waals surface area contributed by atoms with Gasteiger partial charge in [0.2, 0.25) is 15.9 Å². The molecule has 0 aliphatic rings. The normalized spacial score (nSPS) is 12.1. The molecule has 0 fully saturated rings. The molecule has 2 aromatic heterocycles. The number of oxazole rings is 1. The summed E-state index contributed by atoms with van der Waals surface area (Å²) in [5, 5.41) is 11.4. The summed E-state index contributed by atoms with van der Waals surface area (Å²) in [6.45, 7) is 3.43. The molecule has 0 bridgehead atoms. The molecule has 0 spiro atoms. The Kier molecular flexibility index (Phi) is 6.45. The fraction of sp³-hybridized carbons (Fsp3) is 0.222. The molecule has 0 aliphatic carbocycles. The van der Waals surface area contributed by atoms with Crippen molar-refractivity contribution in [1.29, 1.82) is 0 Å². The van der Waals surface area contributed by atoms with E-state index in [0.29, 0.717) is 37.2 Å². The van der Waals surface area contributed by atoms with Crippen molar-refractivity contribution in [3.05, 3.63) is 59.3 Å². The second kappa shape index (κ2) is 9.00. The molecule has 8 nitrogen and oxygen atoms in total. The molecule has 1 aromatic carbocycles. The smallest absolute Gasteiger partial charge is 0.247 e. The van der Waals surface area contributed by atoms with Crippen LogP contribution in [-0.4, -0.2) is 25.9 Å². The van der Waals surface area contributed by atoms with E-state index in [9.17, 15) is 8.42 Å². The zero-order valence-electron chi connectivity index (χ0n) is 15.3. The van der Waals surface area contributed by atoms with Crippen molar-refractivity contribution in [2.75, 3.05) is 6.54 Å². The fourth-order valence-electron chi connectivity index (χ4n) is 2.37. The monoisotopic (exact) mass is 419 g/mol. The first-order chi connectivity index (χ1) is 13.5. The van der Waals surface area contributed by atoms with Crippen molar-refractivity contribution in [2.24, 2.45) is 10.1 Å². The van der Waals surface area contributed by atoms with Crippen molar-refractivity contribution in [3.8, 4) is 11.5 Å². The van der Waals surface area contributed by atoms with E-state index in [-0.39, 0.29) is 4.21 Å². The number of primary sulfonamides is 1. The van der Waals surface area contributed by atoms with Crippen molar-refractivity contribution in [3.63, 3.8) is 0 Å². The molecule has 10 heteroatoms. The third-order valence-corrected chi connectivity index (χ3v) is 6.19. The van der Waals surface area contributed by atoms with Crippen LogP contribution in [0.4, 0.5) is 0 Å². The lowest BCUT2D eigenvalue weighted by atomic mass is 10.2. The second-order valence-corrected chi connectivity index (χ2v) is 8.78. The van der Waals surface area contributed by atoms with Crippen LogP contribution in [-0.2, 0) is 23.1 Å². The van der Waals surface area contributed by atoms with Gasteiger partial charge in [-0.1, -0.05) is 18.2 Å². The lowest BCUT2D eigenvalue weighted by molar-refractivity contribution is 0.572. The maximum absolute atomic E-state index is 11.4. The highest BCUT2D eigenvalue weighted by molar-refractivity contribution is 7.91. The average molecular weight is 420 g/mol. The standard InChI is InChI=1S/C18H21N5O3S2/c1-2-20-18(22-11-15-8-9-16(27-15)28(19,24)25)21-10-14-12-26-17(23-14)13-6-4-3-5-7-13/h3-9,12H,2,10-11H2,1H3,(H2,19,24,25)(H2,20,21,22). The molecule has 0 aliphatic heterocycles. The number of guanidine groups is 1. The number of hydrogen-bond donors (Lipinski definition) is 3. The molecule has 3 aromatic rings. The van der Waals surface area contributed by atoms with E-state index in [1.54, 1.807) is 12.3 Å². The fourth-order valence-corrected chi connectivity index (χ4v) is 4.09. The zero-order chi connectivity index (χ0) is 20.0. The number of thiophene rings is 1. The highest BCUT2D eigenvalue weighted by atomic mass is 32.2. The summed E-state index contributed by atoms with van der Waals surface area (Å²) in [5.41, 5.74) is 1.62. The van der Waals surface area contributed by atoms with Crippen LogP contribution in [0.25, 0.3) is 11.5 Å². The third kappa shape index (κ3) is 5.41. The minimum Gasteiger partial charge on any atom is -0.444 e. The van der Waals surface area contributed by atoms with E-state index in [4.69, 9.17) is 9.56 Å². The Morgan fingerprint density at radius 2 is 2.00 bits per heavy atom. The molecule has 148 valence electrons. The first kappa shape index (κ1) is 20.1. The quantitative estimate of drug-likeness (QED) is 0.399. The number of sulfonamides is 1. The minimum absolute atomic E-state index is 0.141. The molecule has 0 atom stereocenters. The Bertz CT molecular complexity index is 1040. The van der Waals surface area contributed by atoms with Crippen molar-refractivity contribution in [1.82, 2.24) is 15.6 Å². The Labute approximate surface area is 167 Å². The molecule has 0 saturated carbocycles. The van der Waals surface area contributed by atoms with Gasteiger partial charge in [-0.15, -0.1) is 11.3 Å². The van der Waals surface area contributed by atoms with Crippen molar-refractivity contribution in [2.45, 2.75) is 24.2 Å². The number of aromatic nitrogens is 1. The van der Waals surface area contributed by atoms with Crippen LogP contribution in [0.15, 0.2) is 62.3 Å². The lowest BCUT2D eigenvalue weighted by Gasteiger charge is -2.09. The minimum atomic E-state index is -3.67. The van der Waals surface area contributed by atoms with Crippen LogP contribution >= 0.6 is 11.3 Å². The Morgan fingerprint density at radius 1 is 1.21 bits per heavy atom. The number of nitrogens with two attached hydrogens (primary N) is 1. The van der Waals surface area contributed by atoms with Gasteiger partial charge < -0.3 is 15.1 Å². The number of hydrogen-bond acceptors (Lipinski definition) is 6. The number of nitrogens with one attached hydrogen (secondary N) is 2. The molecule has 3 rings (SSSR count). The van der Waals surface area contributed by atoms with E-state index >= 15 is 0 Å². The molecule has 0 unspecified atom stereocenters. The van der Waals surface area contributed by atoms with Crippen molar-refractivity contribution < 1.29 is 12.8 Å². The van der Waals surface area contributed by atoms with Gasteiger partial charge in [0.1, 0.15) is 16.2 Å². The Balaban J connectivity index is 1.63. The average Bonchev–Trinajstić information content (AvgIpc) is 3.34. The van der Waals surface area contributed by atoms with Gasteiger partial charge in [0, 0.05) is 17.0 Å². The van der Waals surface area contributed by atoms with Crippen molar-refractivity contribution >= 4 is 27.3 Å². The first-order valence-electron chi connectivity index (χ1n) is 8.59. The zero-order valence-corrected chi connectivity index (χ0v) is 16.9. The highest BCUT2D eigenvalue weighted by Gasteiger charge is 2.11. The van der Waals surface area contributed by atoms with Gasteiger partial charge in [0.05, 0.1) is 13.1 Å². The predicted octanol–water partition coefficient (Wildman–Crippen LogP) is 2.31. The van der Waals surface area contributed by atoms with Gasteiger partial charge in [-0.3, -0.25) is 0 Å². The first-order valence-corrected chi connectivity index (χ1v) is 11.0. The molecule has 0 amide bonds. The summed E-state index contributed by atoms with van der Waals surface area (Å²) in [5.74, 6) is 1.15. The second-order valence-electron chi connectivity index (χ2n) is 5.82. The van der Waals surface area contributed by atoms with Crippen LogP contribution in [0.2, 0.25) is 0 Å². The third-order valence-electron chi connectivity index (χ3n) is 3.66. The van der Waals surface area contributed by atoms with E-state index in [1.807, 2.05) is 37.3 Å².